The Labute approximate surface area is 100 Å². The summed E-state index contributed by atoms with van der Waals surface area (Å²) in [5.74, 6) is 0. The Morgan fingerprint density at radius 2 is 1.31 bits per heavy atom. The van der Waals surface area contributed by atoms with Crippen molar-refractivity contribution in [3.63, 3.8) is 0 Å². The molecule has 6 heteroatoms. The summed E-state index contributed by atoms with van der Waals surface area (Å²) in [6, 6.07) is 5.13. The molecule has 1 nitrogen and oxygen atoms in total. The van der Waals surface area contributed by atoms with Gasteiger partial charge in [-0.05, 0) is 35.3 Å². The van der Waals surface area contributed by atoms with Crippen LogP contribution in [0.4, 0.5) is 4.79 Å². The normalized spacial score (nSPS) is 8.69. The molecule has 0 radical (unpaired) electrons. The highest BCUT2D eigenvalue weighted by Gasteiger charge is 1.98. The molecule has 0 aliphatic heterocycles. The van der Waals surface area contributed by atoms with E-state index in [4.69, 9.17) is 39.6 Å². The largest absolute Gasteiger partial charge is 0.313 e. The number of carbonyl (C=O) groups excluding carboxylic acids is 1. The van der Waals surface area contributed by atoms with Gasteiger partial charge in [-0.3, -0.25) is 4.79 Å². The van der Waals surface area contributed by atoms with Gasteiger partial charge in [-0.15, -0.1) is 0 Å². The van der Waals surface area contributed by atoms with E-state index in [2.05, 4.69) is 23.2 Å². The van der Waals surface area contributed by atoms with Crippen LogP contribution in [0.3, 0.4) is 0 Å². The fraction of sp³-hybridized carbons (Fsp3) is 0. The third-order valence-corrected chi connectivity index (χ3v) is 2.14. The zero-order chi connectivity index (χ0) is 10.4. The molecule has 0 spiro atoms. The van der Waals surface area contributed by atoms with E-state index in [1.54, 1.807) is 18.2 Å². The van der Waals surface area contributed by atoms with E-state index < -0.39 is 4.70 Å². The first-order valence-corrected chi connectivity index (χ1v) is 4.78. The Hall–Kier alpha value is 0.340. The second kappa shape index (κ2) is 6.74. The van der Waals surface area contributed by atoms with Crippen molar-refractivity contribution >= 4 is 62.7 Å². The second-order valence-corrected chi connectivity index (χ2v) is 3.83. The fourth-order valence-corrected chi connectivity index (χ4v) is 1.00. The number of carbonyl (C=O) groups is 1. The van der Waals surface area contributed by atoms with Gasteiger partial charge in [0, 0.05) is 0 Å². The lowest BCUT2D eigenvalue weighted by atomic mass is 10.4. The lowest BCUT2D eigenvalue weighted by molar-refractivity contribution is 0.275. The quantitative estimate of drug-likeness (QED) is 0.469. The maximum Gasteiger partial charge on any atom is 0.313 e. The molecule has 0 bridgehead atoms. The Kier molecular flexibility index (Phi) is 6.92. The molecule has 0 heterocycles. The van der Waals surface area contributed by atoms with Gasteiger partial charge in [-0.2, -0.15) is 0 Å². The third-order valence-electron chi connectivity index (χ3n) is 0.904. The molecule has 0 saturated carbocycles. The van der Waals surface area contributed by atoms with E-state index in [1.807, 2.05) is 0 Å². The predicted molar refractivity (Wildman–Crippen MR) is 58.6 cm³/mol. The Bertz CT molecular complexity index is 275. The molecule has 0 aliphatic carbocycles. The highest BCUT2D eigenvalue weighted by atomic mass is 35.5. The van der Waals surface area contributed by atoms with Crippen LogP contribution in [0.1, 0.15) is 0 Å². The van der Waals surface area contributed by atoms with Crippen LogP contribution in [0.5, 0.6) is 0 Å². The summed E-state index contributed by atoms with van der Waals surface area (Å²) in [5, 5.41) is 1.40. The summed E-state index contributed by atoms with van der Waals surface area (Å²) < 4.78 is -0.889. The van der Waals surface area contributed by atoms with Crippen molar-refractivity contribution in [1.82, 2.24) is 0 Å². The molecule has 0 N–H and O–H groups in total. The molecule has 72 valence electrons. The predicted octanol–water partition coefficient (Wildman–Crippen LogP) is 5.23. The van der Waals surface area contributed by atoms with E-state index in [0.717, 1.165) is 0 Å². The van der Waals surface area contributed by atoms with Crippen molar-refractivity contribution in [1.29, 1.82) is 0 Å². The topological polar surface area (TPSA) is 17.1 Å². The molecule has 0 aliphatic rings. The monoisotopic (exact) mass is 278 g/mol. The van der Waals surface area contributed by atoms with Crippen molar-refractivity contribution in [3.05, 3.63) is 33.3 Å². The molecule has 0 saturated heterocycles. The van der Waals surface area contributed by atoms with Crippen LogP contribution in [-0.4, -0.2) is 4.70 Å². The van der Waals surface area contributed by atoms with Gasteiger partial charge >= 0.3 is 4.70 Å². The van der Waals surface area contributed by atoms with Gasteiger partial charge < -0.3 is 0 Å². The zero-order valence-corrected chi connectivity index (χ0v) is 9.81. The van der Waals surface area contributed by atoms with Crippen molar-refractivity contribution in [2.75, 3.05) is 0 Å². The Balaban J connectivity index is 0.000000310. The van der Waals surface area contributed by atoms with E-state index >= 15 is 0 Å². The van der Waals surface area contributed by atoms with Crippen LogP contribution in [-0.2, 0) is 0 Å². The molecule has 0 aromatic heterocycles. The molecule has 1 aromatic rings. The standard InChI is InChI=1S/C6H3Cl3.CCl2O/c7-4-2-1-3-5(8)6(4)9;2-1(3)4/h1-3H;. The van der Waals surface area contributed by atoms with Crippen molar-refractivity contribution in [2.45, 2.75) is 0 Å². The SMILES string of the molecule is Clc1cccc(Cl)c1Cl.O=C(Cl)Cl. The zero-order valence-electron chi connectivity index (χ0n) is 6.03. The first-order valence-electron chi connectivity index (χ1n) is 2.89. The van der Waals surface area contributed by atoms with Gasteiger partial charge in [0.15, 0.2) is 0 Å². The van der Waals surface area contributed by atoms with Crippen molar-refractivity contribution < 1.29 is 4.79 Å². The minimum Gasteiger partial charge on any atom is -0.262 e. The van der Waals surface area contributed by atoms with Crippen LogP contribution >= 0.6 is 58.0 Å². The molecular weight excluding hydrogens is 277 g/mol. The van der Waals surface area contributed by atoms with Crippen LogP contribution < -0.4 is 0 Å². The van der Waals surface area contributed by atoms with E-state index in [1.165, 1.54) is 0 Å². The maximum atomic E-state index is 8.98. The smallest absolute Gasteiger partial charge is 0.262 e. The summed E-state index contributed by atoms with van der Waals surface area (Å²) in [4.78, 5) is 8.98. The molecule has 1 aromatic carbocycles. The fourth-order valence-electron chi connectivity index (χ4n) is 0.477. The number of hydrogen-bond donors (Lipinski definition) is 0. The summed E-state index contributed by atoms with van der Waals surface area (Å²) in [6.07, 6.45) is 0. The van der Waals surface area contributed by atoms with Gasteiger partial charge in [-0.1, -0.05) is 40.9 Å². The second-order valence-electron chi connectivity index (χ2n) is 1.76. The molecule has 0 fully saturated rings. The Morgan fingerprint density at radius 1 is 1.00 bits per heavy atom. The highest BCUT2D eigenvalue weighted by molar-refractivity contribution is 6.93. The van der Waals surface area contributed by atoms with Crippen molar-refractivity contribution in [2.24, 2.45) is 0 Å². The lowest BCUT2D eigenvalue weighted by Gasteiger charge is -1.94. The average Bonchev–Trinajstić information content (AvgIpc) is 1.99. The average molecular weight is 280 g/mol. The minimum atomic E-state index is -0.889. The minimum absolute atomic E-state index is 0.417. The maximum absolute atomic E-state index is 8.98. The number of rotatable bonds is 0. The lowest BCUT2D eigenvalue weighted by Crippen LogP contribution is -1.67. The number of halogens is 5. The van der Waals surface area contributed by atoms with E-state index in [9.17, 15) is 0 Å². The van der Waals surface area contributed by atoms with Crippen LogP contribution in [0.25, 0.3) is 0 Å². The van der Waals surface area contributed by atoms with Gasteiger partial charge in [-0.25, -0.2) is 0 Å². The first-order chi connectivity index (χ1) is 5.95. The first kappa shape index (κ1) is 13.3. The molecule has 1 rings (SSSR count). The van der Waals surface area contributed by atoms with Gasteiger partial charge in [0.05, 0.1) is 15.1 Å². The summed E-state index contributed by atoms with van der Waals surface area (Å²) in [5.41, 5.74) is 0. The van der Waals surface area contributed by atoms with Gasteiger partial charge in [0.1, 0.15) is 0 Å². The summed E-state index contributed by atoms with van der Waals surface area (Å²) in [7, 11) is 0. The van der Waals surface area contributed by atoms with Gasteiger partial charge in [0.2, 0.25) is 0 Å². The Morgan fingerprint density at radius 3 is 1.54 bits per heavy atom. The number of hydrogen-bond acceptors (Lipinski definition) is 1. The highest BCUT2D eigenvalue weighted by Crippen LogP contribution is 2.28. The molecular formula is C7H3Cl5O. The van der Waals surface area contributed by atoms with Crippen LogP contribution in [0.2, 0.25) is 15.1 Å². The summed E-state index contributed by atoms with van der Waals surface area (Å²) in [6.45, 7) is 0. The third kappa shape index (κ3) is 6.42. The van der Waals surface area contributed by atoms with Crippen molar-refractivity contribution in [3.8, 4) is 0 Å². The number of benzene rings is 1. The van der Waals surface area contributed by atoms with Crippen LogP contribution in [0.15, 0.2) is 18.2 Å². The van der Waals surface area contributed by atoms with Gasteiger partial charge in [0.25, 0.3) is 0 Å². The molecule has 0 atom stereocenters. The summed E-state index contributed by atoms with van der Waals surface area (Å²) >= 11 is 25.6. The van der Waals surface area contributed by atoms with Crippen LogP contribution in [0, 0.1) is 0 Å². The molecule has 0 amide bonds. The van der Waals surface area contributed by atoms with E-state index in [-0.39, 0.29) is 0 Å². The van der Waals surface area contributed by atoms with E-state index in [0.29, 0.717) is 15.1 Å². The molecule has 13 heavy (non-hydrogen) atoms. The molecule has 0 unspecified atom stereocenters.